The van der Waals surface area contributed by atoms with Crippen molar-refractivity contribution in [3.63, 3.8) is 0 Å². The van der Waals surface area contributed by atoms with E-state index in [0.717, 1.165) is 17.0 Å². The highest BCUT2D eigenvalue weighted by molar-refractivity contribution is 5.70. The van der Waals surface area contributed by atoms with E-state index in [1.165, 1.54) is 44.9 Å². The van der Waals surface area contributed by atoms with Crippen LogP contribution in [0.1, 0.15) is 56.7 Å². The summed E-state index contributed by atoms with van der Waals surface area (Å²) in [5.41, 5.74) is 1.94. The molecule has 0 atom stereocenters. The number of pyridine rings is 1. The number of fused-ring (bicyclic) bond motifs is 1. The van der Waals surface area contributed by atoms with Gasteiger partial charge in [-0.1, -0.05) is 32.1 Å². The van der Waals surface area contributed by atoms with E-state index in [1.54, 1.807) is 0 Å². The Morgan fingerprint density at radius 3 is 2.59 bits per heavy atom. The average Bonchev–Trinajstić information content (AvgIpc) is 2.71. The molecule has 17 heavy (non-hydrogen) atoms. The normalized spacial score (nSPS) is 19.1. The van der Waals surface area contributed by atoms with Crippen LogP contribution in [0.4, 0.5) is 0 Å². The molecule has 0 spiro atoms. The number of hydrogen-bond donors (Lipinski definition) is 1. The van der Waals surface area contributed by atoms with Crippen LogP contribution in [0.5, 0.6) is 0 Å². The average molecular weight is 229 g/mol. The molecular formula is C14H19N3. The molecule has 3 nitrogen and oxygen atoms in total. The van der Waals surface area contributed by atoms with E-state index in [2.05, 4.69) is 21.0 Å². The fourth-order valence-electron chi connectivity index (χ4n) is 2.79. The monoisotopic (exact) mass is 229 g/mol. The zero-order valence-electron chi connectivity index (χ0n) is 10.2. The number of nitrogens with one attached hydrogen (secondary N) is 1. The van der Waals surface area contributed by atoms with Gasteiger partial charge in [-0.05, 0) is 25.0 Å². The van der Waals surface area contributed by atoms with Crippen LogP contribution in [-0.2, 0) is 0 Å². The molecule has 0 aliphatic heterocycles. The van der Waals surface area contributed by atoms with Crippen molar-refractivity contribution in [2.75, 3.05) is 0 Å². The minimum absolute atomic E-state index is 0.615. The summed E-state index contributed by atoms with van der Waals surface area (Å²) in [7, 11) is 0. The summed E-state index contributed by atoms with van der Waals surface area (Å²) in [6.45, 7) is 0. The molecule has 0 saturated heterocycles. The van der Waals surface area contributed by atoms with Gasteiger partial charge in [-0.15, -0.1) is 0 Å². The Bertz CT molecular complexity index is 448. The fraction of sp³-hybridized carbons (Fsp3) is 0.571. The number of aromatic amines is 1. The zero-order valence-corrected chi connectivity index (χ0v) is 10.2. The third-order valence-corrected chi connectivity index (χ3v) is 3.77. The van der Waals surface area contributed by atoms with Gasteiger partial charge in [-0.2, -0.15) is 0 Å². The van der Waals surface area contributed by atoms with E-state index in [1.807, 2.05) is 12.3 Å². The van der Waals surface area contributed by atoms with Crippen molar-refractivity contribution in [2.45, 2.75) is 50.9 Å². The molecule has 1 fully saturated rings. The first-order chi connectivity index (χ1) is 8.43. The molecule has 1 aliphatic carbocycles. The minimum Gasteiger partial charge on any atom is -0.340 e. The summed E-state index contributed by atoms with van der Waals surface area (Å²) in [4.78, 5) is 12.4. The smallest absolute Gasteiger partial charge is 0.177 e. The third kappa shape index (κ3) is 2.33. The lowest BCUT2D eigenvalue weighted by Gasteiger charge is -2.17. The number of nitrogens with zero attached hydrogens (tertiary/aromatic N) is 2. The molecule has 1 aliphatic rings. The van der Waals surface area contributed by atoms with E-state index < -0.39 is 0 Å². The summed E-state index contributed by atoms with van der Waals surface area (Å²) in [5, 5.41) is 0. The van der Waals surface area contributed by atoms with Crippen molar-refractivity contribution in [2.24, 2.45) is 0 Å². The van der Waals surface area contributed by atoms with E-state index in [0.29, 0.717) is 5.92 Å². The molecule has 2 aromatic heterocycles. The first-order valence-electron chi connectivity index (χ1n) is 6.74. The molecule has 2 aromatic rings. The summed E-state index contributed by atoms with van der Waals surface area (Å²) in [6.07, 6.45) is 11.2. The van der Waals surface area contributed by atoms with Crippen LogP contribution in [0, 0.1) is 0 Å². The van der Waals surface area contributed by atoms with Crippen LogP contribution in [0.15, 0.2) is 18.3 Å². The van der Waals surface area contributed by atoms with Crippen LogP contribution < -0.4 is 0 Å². The third-order valence-electron chi connectivity index (χ3n) is 3.77. The number of rotatable bonds is 1. The van der Waals surface area contributed by atoms with Crippen LogP contribution in [-0.4, -0.2) is 15.0 Å². The second-order valence-electron chi connectivity index (χ2n) is 5.04. The summed E-state index contributed by atoms with van der Waals surface area (Å²) in [5.74, 6) is 1.77. The molecule has 1 saturated carbocycles. The molecule has 0 aromatic carbocycles. The highest BCUT2D eigenvalue weighted by atomic mass is 15.0. The van der Waals surface area contributed by atoms with E-state index >= 15 is 0 Å². The van der Waals surface area contributed by atoms with Crippen LogP contribution in [0.25, 0.3) is 11.2 Å². The molecule has 0 bridgehead atoms. The lowest BCUT2D eigenvalue weighted by Crippen LogP contribution is -2.04. The number of hydrogen-bond acceptors (Lipinski definition) is 2. The number of H-pyrrole nitrogens is 1. The van der Waals surface area contributed by atoms with Gasteiger partial charge in [0.15, 0.2) is 5.65 Å². The van der Waals surface area contributed by atoms with Gasteiger partial charge >= 0.3 is 0 Å². The maximum atomic E-state index is 4.64. The molecule has 2 heterocycles. The van der Waals surface area contributed by atoms with Gasteiger partial charge in [0.25, 0.3) is 0 Å². The summed E-state index contributed by atoms with van der Waals surface area (Å²) in [6, 6.07) is 4.02. The van der Waals surface area contributed by atoms with Gasteiger partial charge in [-0.25, -0.2) is 9.97 Å². The highest BCUT2D eigenvalue weighted by Gasteiger charge is 2.17. The second-order valence-corrected chi connectivity index (χ2v) is 5.04. The predicted molar refractivity (Wildman–Crippen MR) is 68.9 cm³/mol. The number of imidazole rings is 1. The van der Waals surface area contributed by atoms with Crippen molar-refractivity contribution in [1.29, 1.82) is 0 Å². The van der Waals surface area contributed by atoms with Crippen molar-refractivity contribution >= 4 is 11.2 Å². The molecule has 0 unspecified atom stereocenters. The van der Waals surface area contributed by atoms with Crippen LogP contribution in [0.3, 0.4) is 0 Å². The van der Waals surface area contributed by atoms with Gasteiger partial charge in [0, 0.05) is 12.1 Å². The van der Waals surface area contributed by atoms with Gasteiger partial charge in [0.2, 0.25) is 0 Å². The van der Waals surface area contributed by atoms with Gasteiger partial charge in [0.1, 0.15) is 5.82 Å². The summed E-state index contributed by atoms with van der Waals surface area (Å²) < 4.78 is 0. The largest absolute Gasteiger partial charge is 0.340 e. The van der Waals surface area contributed by atoms with Crippen molar-refractivity contribution in [1.82, 2.24) is 15.0 Å². The lowest BCUT2D eigenvalue weighted by atomic mass is 9.91. The van der Waals surface area contributed by atoms with Crippen LogP contribution >= 0.6 is 0 Å². The topological polar surface area (TPSA) is 41.6 Å². The van der Waals surface area contributed by atoms with Gasteiger partial charge in [0.05, 0.1) is 5.52 Å². The fourth-order valence-corrected chi connectivity index (χ4v) is 2.79. The van der Waals surface area contributed by atoms with Crippen molar-refractivity contribution in [3.8, 4) is 0 Å². The Labute approximate surface area is 102 Å². The molecular weight excluding hydrogens is 210 g/mol. The van der Waals surface area contributed by atoms with Gasteiger partial charge in [-0.3, -0.25) is 0 Å². The molecule has 0 amide bonds. The van der Waals surface area contributed by atoms with E-state index in [-0.39, 0.29) is 0 Å². The molecule has 3 rings (SSSR count). The predicted octanol–water partition coefficient (Wildman–Crippen LogP) is 3.79. The minimum atomic E-state index is 0.615. The highest BCUT2D eigenvalue weighted by Crippen LogP contribution is 2.29. The van der Waals surface area contributed by atoms with E-state index in [4.69, 9.17) is 0 Å². The second kappa shape index (κ2) is 4.86. The van der Waals surface area contributed by atoms with Crippen LogP contribution in [0.2, 0.25) is 0 Å². The molecule has 0 radical (unpaired) electrons. The Hall–Kier alpha value is -1.38. The maximum absolute atomic E-state index is 4.64. The number of aromatic nitrogens is 3. The maximum Gasteiger partial charge on any atom is 0.177 e. The van der Waals surface area contributed by atoms with Gasteiger partial charge < -0.3 is 4.98 Å². The van der Waals surface area contributed by atoms with Crippen molar-refractivity contribution < 1.29 is 0 Å². The SMILES string of the molecule is c1cnc2nc(C3CCCCCCC3)[nH]c2c1. The molecule has 1 N–H and O–H groups in total. The van der Waals surface area contributed by atoms with Crippen molar-refractivity contribution in [3.05, 3.63) is 24.2 Å². The summed E-state index contributed by atoms with van der Waals surface area (Å²) >= 11 is 0. The Morgan fingerprint density at radius 2 is 1.82 bits per heavy atom. The molecule has 90 valence electrons. The lowest BCUT2D eigenvalue weighted by molar-refractivity contribution is 0.445. The zero-order chi connectivity index (χ0) is 11.5. The Morgan fingerprint density at radius 1 is 1.06 bits per heavy atom. The first kappa shape index (κ1) is 10.8. The molecule has 3 heteroatoms. The standard InChI is InChI=1S/C14H19N3/c1-2-4-7-11(8-5-3-1)13-16-12-9-6-10-15-14(12)17-13/h6,9-11H,1-5,7-8H2,(H,15,16,17). The first-order valence-corrected chi connectivity index (χ1v) is 6.74. The van der Waals surface area contributed by atoms with E-state index in [9.17, 15) is 0 Å². The Kier molecular flexibility index (Phi) is 3.08. The quantitative estimate of drug-likeness (QED) is 0.808. The Balaban J connectivity index is 1.85.